The quantitative estimate of drug-likeness (QED) is 0.810. The summed E-state index contributed by atoms with van der Waals surface area (Å²) in [7, 11) is 0. The number of rotatable bonds is 3. The fourth-order valence-corrected chi connectivity index (χ4v) is 5.29. The highest BCUT2D eigenvalue weighted by Gasteiger charge is 2.55. The molecule has 4 unspecified atom stereocenters. The Morgan fingerprint density at radius 2 is 1.89 bits per heavy atom. The molecule has 18 heavy (non-hydrogen) atoms. The van der Waals surface area contributed by atoms with Gasteiger partial charge in [0.1, 0.15) is 0 Å². The summed E-state index contributed by atoms with van der Waals surface area (Å²) in [4.78, 5) is 0. The Bertz CT molecular complexity index is 297. The minimum Gasteiger partial charge on any atom is -0.392 e. The third kappa shape index (κ3) is 1.92. The molecule has 2 heteroatoms. The summed E-state index contributed by atoms with van der Waals surface area (Å²) in [6.07, 6.45) is 10.2. The second-order valence-corrected chi connectivity index (χ2v) is 7.48. The topological polar surface area (TPSA) is 46.2 Å². The van der Waals surface area contributed by atoms with E-state index in [1.165, 1.54) is 51.4 Å². The molecule has 3 N–H and O–H groups in total. The van der Waals surface area contributed by atoms with Crippen LogP contribution >= 0.6 is 0 Å². The molecule has 0 heterocycles. The predicted molar refractivity (Wildman–Crippen MR) is 74.1 cm³/mol. The van der Waals surface area contributed by atoms with Crippen LogP contribution < -0.4 is 5.73 Å². The Labute approximate surface area is 111 Å². The molecule has 0 aromatic heterocycles. The molecule has 0 radical (unpaired) electrons. The minimum atomic E-state index is -0.120. The molecule has 4 atom stereocenters. The number of fused-ring (bicyclic) bond motifs is 2. The van der Waals surface area contributed by atoms with E-state index >= 15 is 0 Å². The van der Waals surface area contributed by atoms with E-state index in [0.717, 1.165) is 17.8 Å². The van der Waals surface area contributed by atoms with Gasteiger partial charge in [-0.15, -0.1) is 0 Å². The van der Waals surface area contributed by atoms with Crippen LogP contribution in [-0.2, 0) is 0 Å². The van der Waals surface area contributed by atoms with Gasteiger partial charge >= 0.3 is 0 Å². The molecule has 104 valence electrons. The summed E-state index contributed by atoms with van der Waals surface area (Å²) in [6.45, 7) is 3.06. The molecule has 0 aliphatic heterocycles. The standard InChI is InChI=1S/C16H29NO/c1-11-2-5-13(6-3-11)15(18)16(10-17)9-12-4-7-14(16)8-12/h11-15,18H,2-10,17H2,1H3. The highest BCUT2D eigenvalue weighted by molar-refractivity contribution is 5.06. The maximum absolute atomic E-state index is 11.0. The van der Waals surface area contributed by atoms with E-state index in [-0.39, 0.29) is 11.5 Å². The lowest BCUT2D eigenvalue weighted by atomic mass is 9.63. The van der Waals surface area contributed by atoms with E-state index in [0.29, 0.717) is 12.5 Å². The van der Waals surface area contributed by atoms with Crippen LogP contribution in [0.25, 0.3) is 0 Å². The molecule has 3 saturated carbocycles. The Morgan fingerprint density at radius 1 is 1.17 bits per heavy atom. The Kier molecular flexibility index (Phi) is 3.44. The van der Waals surface area contributed by atoms with Gasteiger partial charge in [0.05, 0.1) is 6.10 Å². The van der Waals surface area contributed by atoms with Crippen molar-refractivity contribution < 1.29 is 5.11 Å². The molecule has 0 saturated heterocycles. The molecule has 3 aliphatic carbocycles. The van der Waals surface area contributed by atoms with Gasteiger partial charge in [0.15, 0.2) is 0 Å². The van der Waals surface area contributed by atoms with Crippen molar-refractivity contribution in [3.63, 3.8) is 0 Å². The largest absolute Gasteiger partial charge is 0.392 e. The molecule has 2 bridgehead atoms. The van der Waals surface area contributed by atoms with Gasteiger partial charge in [-0.25, -0.2) is 0 Å². The zero-order valence-electron chi connectivity index (χ0n) is 11.8. The van der Waals surface area contributed by atoms with Gasteiger partial charge in [0.2, 0.25) is 0 Å². The minimum absolute atomic E-state index is 0.0914. The first-order valence-corrected chi connectivity index (χ1v) is 8.04. The van der Waals surface area contributed by atoms with Crippen LogP contribution in [0.1, 0.15) is 58.3 Å². The number of hydrogen-bond acceptors (Lipinski definition) is 2. The molecule has 0 amide bonds. The first kappa shape index (κ1) is 12.9. The van der Waals surface area contributed by atoms with E-state index in [1.54, 1.807) is 0 Å². The van der Waals surface area contributed by atoms with Gasteiger partial charge in [-0.2, -0.15) is 0 Å². The monoisotopic (exact) mass is 251 g/mol. The highest BCUT2D eigenvalue weighted by Crippen LogP contribution is 2.58. The first-order valence-electron chi connectivity index (χ1n) is 8.04. The SMILES string of the molecule is CC1CCC(C(O)C2(CN)CC3CCC2C3)CC1. The second kappa shape index (κ2) is 4.79. The number of nitrogens with two attached hydrogens (primary N) is 1. The van der Waals surface area contributed by atoms with Crippen molar-refractivity contribution in [2.24, 2.45) is 34.8 Å². The van der Waals surface area contributed by atoms with Crippen LogP contribution in [-0.4, -0.2) is 17.8 Å². The van der Waals surface area contributed by atoms with Gasteiger partial charge in [0, 0.05) is 12.0 Å². The molecule has 3 fully saturated rings. The van der Waals surface area contributed by atoms with Gasteiger partial charge < -0.3 is 10.8 Å². The number of aliphatic hydroxyl groups is 1. The molecule has 0 spiro atoms. The average molecular weight is 251 g/mol. The van der Waals surface area contributed by atoms with Gasteiger partial charge in [0.25, 0.3) is 0 Å². The van der Waals surface area contributed by atoms with E-state index in [2.05, 4.69) is 6.92 Å². The lowest BCUT2D eigenvalue weighted by Gasteiger charge is -2.45. The van der Waals surface area contributed by atoms with E-state index in [9.17, 15) is 5.11 Å². The van der Waals surface area contributed by atoms with Crippen LogP contribution in [0.15, 0.2) is 0 Å². The third-order valence-corrected chi connectivity index (χ3v) is 6.50. The lowest BCUT2D eigenvalue weighted by Crippen LogP contribution is -2.49. The van der Waals surface area contributed by atoms with Crippen molar-refractivity contribution in [3.05, 3.63) is 0 Å². The van der Waals surface area contributed by atoms with Crippen molar-refractivity contribution in [1.29, 1.82) is 0 Å². The van der Waals surface area contributed by atoms with Crippen molar-refractivity contribution in [3.8, 4) is 0 Å². The van der Waals surface area contributed by atoms with Crippen LogP contribution in [0.4, 0.5) is 0 Å². The molecule has 3 aliphatic rings. The van der Waals surface area contributed by atoms with Crippen molar-refractivity contribution >= 4 is 0 Å². The van der Waals surface area contributed by atoms with E-state index in [1.807, 2.05) is 0 Å². The summed E-state index contributed by atoms with van der Waals surface area (Å²) >= 11 is 0. The Hall–Kier alpha value is -0.0800. The summed E-state index contributed by atoms with van der Waals surface area (Å²) in [5.74, 6) is 2.99. The summed E-state index contributed by atoms with van der Waals surface area (Å²) in [5, 5.41) is 11.0. The third-order valence-electron chi connectivity index (χ3n) is 6.50. The number of hydrogen-bond donors (Lipinski definition) is 2. The summed E-state index contributed by atoms with van der Waals surface area (Å²) < 4.78 is 0. The molecule has 2 nitrogen and oxygen atoms in total. The van der Waals surface area contributed by atoms with Crippen molar-refractivity contribution in [2.75, 3.05) is 6.54 Å². The smallest absolute Gasteiger partial charge is 0.0639 e. The van der Waals surface area contributed by atoms with Gasteiger partial charge in [-0.3, -0.25) is 0 Å². The molecule has 0 aromatic carbocycles. The highest BCUT2D eigenvalue weighted by atomic mass is 16.3. The Morgan fingerprint density at radius 3 is 2.39 bits per heavy atom. The van der Waals surface area contributed by atoms with Crippen molar-refractivity contribution in [2.45, 2.75) is 64.4 Å². The van der Waals surface area contributed by atoms with Gasteiger partial charge in [-0.1, -0.05) is 26.2 Å². The zero-order valence-corrected chi connectivity index (χ0v) is 11.8. The van der Waals surface area contributed by atoms with Crippen LogP contribution in [0.2, 0.25) is 0 Å². The zero-order chi connectivity index (χ0) is 12.8. The van der Waals surface area contributed by atoms with E-state index < -0.39 is 0 Å². The average Bonchev–Trinajstić information content (AvgIpc) is 2.99. The summed E-state index contributed by atoms with van der Waals surface area (Å²) in [6, 6.07) is 0. The van der Waals surface area contributed by atoms with Crippen molar-refractivity contribution in [1.82, 2.24) is 0 Å². The maximum atomic E-state index is 11.0. The van der Waals surface area contributed by atoms with E-state index in [4.69, 9.17) is 5.73 Å². The fourth-order valence-electron chi connectivity index (χ4n) is 5.29. The van der Waals surface area contributed by atoms with Gasteiger partial charge in [-0.05, 0) is 55.8 Å². The van der Waals surface area contributed by atoms with Crippen LogP contribution in [0.5, 0.6) is 0 Å². The van der Waals surface area contributed by atoms with Crippen LogP contribution in [0.3, 0.4) is 0 Å². The normalized spacial score (nSPS) is 49.5. The fraction of sp³-hybridized carbons (Fsp3) is 1.00. The summed E-state index contributed by atoms with van der Waals surface area (Å²) in [5.41, 5.74) is 6.22. The number of aliphatic hydroxyl groups excluding tert-OH is 1. The predicted octanol–water partition coefficient (Wildman–Crippen LogP) is 2.94. The second-order valence-electron chi connectivity index (χ2n) is 7.48. The lowest BCUT2D eigenvalue weighted by molar-refractivity contribution is -0.0599. The molecular weight excluding hydrogens is 222 g/mol. The van der Waals surface area contributed by atoms with Crippen LogP contribution in [0, 0.1) is 29.1 Å². The first-order chi connectivity index (χ1) is 8.65. The molecular formula is C16H29NO. The molecule has 3 rings (SSSR count). The maximum Gasteiger partial charge on any atom is 0.0639 e. The molecule has 0 aromatic rings. The Balaban J connectivity index is 1.72.